The van der Waals surface area contributed by atoms with E-state index in [-0.39, 0.29) is 0 Å². The molecule has 2 aromatic rings. The van der Waals surface area contributed by atoms with Crippen LogP contribution in [-0.4, -0.2) is 19.1 Å². The number of aromatic nitrogens is 1. The van der Waals surface area contributed by atoms with Crippen molar-refractivity contribution in [3.8, 4) is 17.3 Å². The van der Waals surface area contributed by atoms with Gasteiger partial charge in [-0.2, -0.15) is 5.26 Å². The van der Waals surface area contributed by atoms with Gasteiger partial charge in [0.2, 0.25) is 0 Å². The molecule has 0 aliphatic rings. The maximum Gasteiger partial charge on any atom is 0.146 e. The Hall–Kier alpha value is -2.34. The molecule has 0 aliphatic carbocycles. The number of anilines is 1. The summed E-state index contributed by atoms with van der Waals surface area (Å²) >= 11 is 0. The molecule has 0 amide bonds. The second kappa shape index (κ2) is 4.89. The minimum Gasteiger partial charge on any atom is -0.362 e. The first-order valence-electron chi connectivity index (χ1n) is 5.78. The van der Waals surface area contributed by atoms with Crippen LogP contribution < -0.4 is 4.90 Å². The Balaban J connectivity index is 2.64. The van der Waals surface area contributed by atoms with Gasteiger partial charge in [-0.1, -0.05) is 30.3 Å². The predicted molar refractivity (Wildman–Crippen MR) is 73.5 cm³/mol. The summed E-state index contributed by atoms with van der Waals surface area (Å²) in [5, 5.41) is 9.14. The van der Waals surface area contributed by atoms with Gasteiger partial charge in [-0.3, -0.25) is 0 Å². The van der Waals surface area contributed by atoms with E-state index in [9.17, 15) is 0 Å². The molecule has 18 heavy (non-hydrogen) atoms. The van der Waals surface area contributed by atoms with E-state index >= 15 is 0 Å². The van der Waals surface area contributed by atoms with Crippen LogP contribution in [0.1, 0.15) is 11.1 Å². The van der Waals surface area contributed by atoms with Crippen LogP contribution >= 0.6 is 0 Å². The van der Waals surface area contributed by atoms with Gasteiger partial charge in [-0.25, -0.2) is 4.98 Å². The zero-order valence-electron chi connectivity index (χ0n) is 10.8. The Bertz CT molecular complexity index is 595. The SMILES string of the molecule is Cc1cc(C#N)c(N(C)C)nc1-c1ccccc1. The molecule has 3 nitrogen and oxygen atoms in total. The van der Waals surface area contributed by atoms with Gasteiger partial charge in [0.05, 0.1) is 11.3 Å². The summed E-state index contributed by atoms with van der Waals surface area (Å²) in [6.45, 7) is 1.98. The summed E-state index contributed by atoms with van der Waals surface area (Å²) in [6.07, 6.45) is 0. The van der Waals surface area contributed by atoms with Crippen LogP contribution in [0.15, 0.2) is 36.4 Å². The second-order valence-corrected chi connectivity index (χ2v) is 4.40. The third-order valence-corrected chi connectivity index (χ3v) is 2.78. The van der Waals surface area contributed by atoms with Crippen molar-refractivity contribution in [2.24, 2.45) is 0 Å². The maximum atomic E-state index is 9.14. The lowest BCUT2D eigenvalue weighted by atomic mass is 10.0. The summed E-state index contributed by atoms with van der Waals surface area (Å²) in [5.41, 5.74) is 3.63. The highest BCUT2D eigenvalue weighted by Crippen LogP contribution is 2.26. The molecule has 1 aromatic heterocycles. The third kappa shape index (κ3) is 2.18. The van der Waals surface area contributed by atoms with Crippen molar-refractivity contribution in [2.45, 2.75) is 6.92 Å². The average molecular weight is 237 g/mol. The Morgan fingerprint density at radius 3 is 2.39 bits per heavy atom. The molecule has 0 fully saturated rings. The number of pyridine rings is 1. The lowest BCUT2D eigenvalue weighted by molar-refractivity contribution is 1.06. The van der Waals surface area contributed by atoms with Crippen molar-refractivity contribution < 1.29 is 0 Å². The summed E-state index contributed by atoms with van der Waals surface area (Å²) in [7, 11) is 3.79. The summed E-state index contributed by atoms with van der Waals surface area (Å²) < 4.78 is 0. The van der Waals surface area contributed by atoms with Crippen molar-refractivity contribution in [3.05, 3.63) is 47.5 Å². The normalized spacial score (nSPS) is 9.89. The second-order valence-electron chi connectivity index (χ2n) is 4.40. The summed E-state index contributed by atoms with van der Waals surface area (Å²) in [5.74, 6) is 0.710. The fourth-order valence-electron chi connectivity index (χ4n) is 1.92. The van der Waals surface area contributed by atoms with Crippen molar-refractivity contribution in [3.63, 3.8) is 0 Å². The lowest BCUT2D eigenvalue weighted by Crippen LogP contribution is -2.13. The molecule has 0 saturated carbocycles. The average Bonchev–Trinajstić information content (AvgIpc) is 2.39. The number of rotatable bonds is 2. The lowest BCUT2D eigenvalue weighted by Gasteiger charge is -2.16. The molecule has 2 rings (SSSR count). The van der Waals surface area contributed by atoms with Crippen LogP contribution in [0.4, 0.5) is 5.82 Å². The van der Waals surface area contributed by atoms with Crippen LogP contribution in [0.2, 0.25) is 0 Å². The van der Waals surface area contributed by atoms with Crippen LogP contribution in [0, 0.1) is 18.3 Å². The molecule has 90 valence electrons. The van der Waals surface area contributed by atoms with Gasteiger partial charge in [0.25, 0.3) is 0 Å². The number of aryl methyl sites for hydroxylation is 1. The van der Waals surface area contributed by atoms with Crippen molar-refractivity contribution in [2.75, 3.05) is 19.0 Å². The van der Waals surface area contributed by atoms with E-state index in [4.69, 9.17) is 5.26 Å². The van der Waals surface area contributed by atoms with Crippen molar-refractivity contribution in [1.82, 2.24) is 4.98 Å². The molecular formula is C15H15N3. The standard InChI is InChI=1S/C15H15N3/c1-11-9-13(10-16)15(18(2)3)17-14(11)12-7-5-4-6-8-12/h4-9H,1-3H3. The monoisotopic (exact) mass is 237 g/mol. The fourth-order valence-corrected chi connectivity index (χ4v) is 1.92. The van der Waals surface area contributed by atoms with E-state index in [1.54, 1.807) is 0 Å². The largest absolute Gasteiger partial charge is 0.362 e. The van der Waals surface area contributed by atoms with Crippen molar-refractivity contribution in [1.29, 1.82) is 5.26 Å². The Morgan fingerprint density at radius 1 is 1.17 bits per heavy atom. The van der Waals surface area contributed by atoms with Gasteiger partial charge >= 0.3 is 0 Å². The number of hydrogen-bond acceptors (Lipinski definition) is 3. The molecule has 3 heteroatoms. The smallest absolute Gasteiger partial charge is 0.146 e. The number of hydrogen-bond donors (Lipinski definition) is 0. The molecule has 0 spiro atoms. The highest BCUT2D eigenvalue weighted by molar-refractivity contribution is 5.68. The van der Waals surface area contributed by atoms with Gasteiger partial charge in [-0.15, -0.1) is 0 Å². The number of nitrogens with zero attached hydrogens (tertiary/aromatic N) is 3. The molecule has 1 heterocycles. The minimum absolute atomic E-state index is 0.609. The zero-order valence-corrected chi connectivity index (χ0v) is 10.8. The van der Waals surface area contributed by atoms with Crippen LogP contribution in [0.5, 0.6) is 0 Å². The van der Waals surface area contributed by atoms with Gasteiger partial charge < -0.3 is 4.90 Å². The molecule has 0 atom stereocenters. The highest BCUT2D eigenvalue weighted by Gasteiger charge is 2.11. The molecule has 1 aromatic carbocycles. The minimum atomic E-state index is 0.609. The summed E-state index contributed by atoms with van der Waals surface area (Å²) in [4.78, 5) is 6.48. The maximum absolute atomic E-state index is 9.14. The fraction of sp³-hybridized carbons (Fsp3) is 0.200. The van der Waals surface area contributed by atoms with Gasteiger partial charge in [-0.05, 0) is 18.6 Å². The van der Waals surface area contributed by atoms with Crippen molar-refractivity contribution >= 4 is 5.82 Å². The topological polar surface area (TPSA) is 39.9 Å². The van der Waals surface area contributed by atoms with Gasteiger partial charge in [0, 0.05) is 19.7 Å². The molecule has 0 radical (unpaired) electrons. The molecule has 0 unspecified atom stereocenters. The van der Waals surface area contributed by atoms with Crippen LogP contribution in [-0.2, 0) is 0 Å². The van der Waals surface area contributed by atoms with Gasteiger partial charge in [0.15, 0.2) is 0 Å². The van der Waals surface area contributed by atoms with E-state index in [0.29, 0.717) is 11.4 Å². The van der Waals surface area contributed by atoms with E-state index < -0.39 is 0 Å². The van der Waals surface area contributed by atoms with E-state index in [2.05, 4.69) is 11.1 Å². The quantitative estimate of drug-likeness (QED) is 0.806. The third-order valence-electron chi connectivity index (χ3n) is 2.78. The van der Waals surface area contributed by atoms with E-state index in [1.165, 1.54) is 0 Å². The number of benzene rings is 1. The molecular weight excluding hydrogens is 222 g/mol. The molecule has 0 bridgehead atoms. The number of nitriles is 1. The Morgan fingerprint density at radius 2 is 1.83 bits per heavy atom. The Labute approximate surface area is 107 Å². The first kappa shape index (κ1) is 12.1. The predicted octanol–water partition coefficient (Wildman–Crippen LogP) is 2.99. The Kier molecular flexibility index (Phi) is 3.29. The first-order chi connectivity index (χ1) is 8.63. The van der Waals surface area contributed by atoms with Crippen LogP contribution in [0.25, 0.3) is 11.3 Å². The molecule has 0 aliphatic heterocycles. The molecule has 0 N–H and O–H groups in total. The van der Waals surface area contributed by atoms with Crippen LogP contribution in [0.3, 0.4) is 0 Å². The summed E-state index contributed by atoms with van der Waals surface area (Å²) in [6, 6.07) is 14.1. The van der Waals surface area contributed by atoms with E-state index in [0.717, 1.165) is 16.8 Å². The highest BCUT2D eigenvalue weighted by atomic mass is 15.1. The zero-order chi connectivity index (χ0) is 13.1. The molecule has 0 saturated heterocycles. The first-order valence-corrected chi connectivity index (χ1v) is 5.78. The van der Waals surface area contributed by atoms with Gasteiger partial charge in [0.1, 0.15) is 11.9 Å². The van der Waals surface area contributed by atoms with E-state index in [1.807, 2.05) is 62.3 Å².